The predicted molar refractivity (Wildman–Crippen MR) is 68.6 cm³/mol. The first-order valence-corrected chi connectivity index (χ1v) is 6.04. The van der Waals surface area contributed by atoms with Gasteiger partial charge in [0.05, 0.1) is 0 Å². The van der Waals surface area contributed by atoms with Crippen molar-refractivity contribution in [3.05, 3.63) is 66.0 Å². The molecule has 2 nitrogen and oxygen atoms in total. The van der Waals surface area contributed by atoms with Crippen LogP contribution < -0.4 is 5.73 Å². The lowest BCUT2D eigenvalue weighted by atomic mass is 9.87. The third-order valence-corrected chi connectivity index (χ3v) is 3.86. The SMILES string of the molecule is NCC1CC1(c1ccccc1)c1cccnc1. The van der Waals surface area contributed by atoms with Crippen molar-refractivity contribution < 1.29 is 0 Å². The van der Waals surface area contributed by atoms with Gasteiger partial charge in [-0.15, -0.1) is 0 Å². The molecule has 1 heterocycles. The summed E-state index contributed by atoms with van der Waals surface area (Å²) in [5.74, 6) is 0.550. The maximum atomic E-state index is 5.86. The summed E-state index contributed by atoms with van der Waals surface area (Å²) in [6, 6.07) is 14.8. The van der Waals surface area contributed by atoms with Crippen molar-refractivity contribution in [2.24, 2.45) is 11.7 Å². The molecule has 2 unspecified atom stereocenters. The quantitative estimate of drug-likeness (QED) is 0.869. The van der Waals surface area contributed by atoms with Crippen LogP contribution in [0.4, 0.5) is 0 Å². The van der Waals surface area contributed by atoms with Crippen molar-refractivity contribution in [3.8, 4) is 0 Å². The predicted octanol–water partition coefficient (Wildman–Crippen LogP) is 2.35. The van der Waals surface area contributed by atoms with Crippen LogP contribution in [0.25, 0.3) is 0 Å². The average molecular weight is 224 g/mol. The lowest BCUT2D eigenvalue weighted by Gasteiger charge is -2.18. The molecule has 3 rings (SSSR count). The zero-order valence-corrected chi connectivity index (χ0v) is 9.71. The van der Waals surface area contributed by atoms with Crippen LogP contribution in [-0.4, -0.2) is 11.5 Å². The zero-order chi connectivity index (χ0) is 11.7. The van der Waals surface area contributed by atoms with E-state index in [1.807, 2.05) is 18.5 Å². The summed E-state index contributed by atoms with van der Waals surface area (Å²) >= 11 is 0. The first-order chi connectivity index (χ1) is 8.38. The highest BCUT2D eigenvalue weighted by molar-refractivity contribution is 5.46. The summed E-state index contributed by atoms with van der Waals surface area (Å²) in [4.78, 5) is 4.24. The molecule has 1 fully saturated rings. The summed E-state index contributed by atoms with van der Waals surface area (Å²) in [6.45, 7) is 0.740. The maximum Gasteiger partial charge on any atom is 0.0309 e. The van der Waals surface area contributed by atoms with Gasteiger partial charge in [0.2, 0.25) is 0 Å². The second kappa shape index (κ2) is 3.97. The molecule has 1 aromatic heterocycles. The van der Waals surface area contributed by atoms with Gasteiger partial charge in [-0.1, -0.05) is 36.4 Å². The van der Waals surface area contributed by atoms with E-state index in [9.17, 15) is 0 Å². The van der Waals surface area contributed by atoms with Gasteiger partial charge in [-0.05, 0) is 36.1 Å². The minimum absolute atomic E-state index is 0.115. The van der Waals surface area contributed by atoms with Crippen LogP contribution in [-0.2, 0) is 5.41 Å². The Balaban J connectivity index is 2.08. The molecule has 1 saturated carbocycles. The number of hydrogen-bond acceptors (Lipinski definition) is 2. The molecule has 2 N–H and O–H groups in total. The van der Waals surface area contributed by atoms with Crippen LogP contribution in [0, 0.1) is 5.92 Å². The van der Waals surface area contributed by atoms with E-state index in [2.05, 4.69) is 41.4 Å². The molecule has 0 bridgehead atoms. The molecular formula is C15H16N2. The Bertz CT molecular complexity index is 453. The Hall–Kier alpha value is -1.67. The Morgan fingerprint density at radius 1 is 1.12 bits per heavy atom. The number of hydrogen-bond donors (Lipinski definition) is 1. The highest BCUT2D eigenvalue weighted by atomic mass is 14.7. The molecule has 0 aliphatic heterocycles. The lowest BCUT2D eigenvalue weighted by Crippen LogP contribution is -2.17. The minimum Gasteiger partial charge on any atom is -0.330 e. The number of nitrogens with zero attached hydrogens (tertiary/aromatic N) is 1. The van der Waals surface area contributed by atoms with Crippen LogP contribution in [0.15, 0.2) is 54.9 Å². The van der Waals surface area contributed by atoms with Gasteiger partial charge in [-0.3, -0.25) is 4.98 Å². The summed E-state index contributed by atoms with van der Waals surface area (Å²) in [6.07, 6.45) is 4.93. The van der Waals surface area contributed by atoms with Crippen LogP contribution in [0.3, 0.4) is 0 Å². The number of aromatic nitrogens is 1. The monoisotopic (exact) mass is 224 g/mol. The van der Waals surface area contributed by atoms with E-state index >= 15 is 0 Å². The van der Waals surface area contributed by atoms with Crippen molar-refractivity contribution in [1.29, 1.82) is 0 Å². The van der Waals surface area contributed by atoms with Crippen molar-refractivity contribution in [2.45, 2.75) is 11.8 Å². The van der Waals surface area contributed by atoms with Gasteiger partial charge in [-0.2, -0.15) is 0 Å². The van der Waals surface area contributed by atoms with E-state index in [0.717, 1.165) is 13.0 Å². The van der Waals surface area contributed by atoms with Crippen LogP contribution >= 0.6 is 0 Å². The summed E-state index contributed by atoms with van der Waals surface area (Å²) < 4.78 is 0. The molecule has 1 aliphatic rings. The fourth-order valence-electron chi connectivity index (χ4n) is 2.85. The van der Waals surface area contributed by atoms with Gasteiger partial charge in [0.25, 0.3) is 0 Å². The fourth-order valence-corrected chi connectivity index (χ4v) is 2.85. The van der Waals surface area contributed by atoms with Crippen LogP contribution in [0.1, 0.15) is 17.5 Å². The molecule has 2 heteroatoms. The average Bonchev–Trinajstić information content (AvgIpc) is 3.17. The first-order valence-electron chi connectivity index (χ1n) is 6.04. The molecule has 1 aromatic carbocycles. The van der Waals surface area contributed by atoms with Crippen LogP contribution in [0.2, 0.25) is 0 Å². The number of pyridine rings is 1. The highest BCUT2D eigenvalue weighted by Gasteiger charge is 2.55. The molecule has 2 aromatic rings. The van der Waals surface area contributed by atoms with Gasteiger partial charge in [0.1, 0.15) is 0 Å². The van der Waals surface area contributed by atoms with Crippen molar-refractivity contribution in [1.82, 2.24) is 4.98 Å². The Morgan fingerprint density at radius 3 is 2.47 bits per heavy atom. The van der Waals surface area contributed by atoms with Gasteiger partial charge >= 0.3 is 0 Å². The van der Waals surface area contributed by atoms with E-state index in [-0.39, 0.29) is 5.41 Å². The Morgan fingerprint density at radius 2 is 1.88 bits per heavy atom. The van der Waals surface area contributed by atoms with E-state index < -0.39 is 0 Å². The van der Waals surface area contributed by atoms with E-state index in [0.29, 0.717) is 5.92 Å². The number of rotatable bonds is 3. The summed E-state index contributed by atoms with van der Waals surface area (Å²) in [5.41, 5.74) is 8.64. The lowest BCUT2D eigenvalue weighted by molar-refractivity contribution is 0.700. The van der Waals surface area contributed by atoms with Crippen molar-refractivity contribution >= 4 is 0 Å². The van der Waals surface area contributed by atoms with Gasteiger partial charge in [-0.25, -0.2) is 0 Å². The topological polar surface area (TPSA) is 38.9 Å². The standard InChI is InChI=1S/C15H16N2/c16-10-14-9-15(14,12-5-2-1-3-6-12)13-7-4-8-17-11-13/h1-8,11,14H,9-10,16H2. The largest absolute Gasteiger partial charge is 0.330 e. The summed E-state index contributed by atoms with van der Waals surface area (Å²) in [5, 5.41) is 0. The second-order valence-corrected chi connectivity index (χ2v) is 4.72. The van der Waals surface area contributed by atoms with Gasteiger partial charge in [0.15, 0.2) is 0 Å². The fraction of sp³-hybridized carbons (Fsp3) is 0.267. The number of nitrogens with two attached hydrogens (primary N) is 1. The minimum atomic E-state index is 0.115. The maximum absolute atomic E-state index is 5.86. The number of benzene rings is 1. The Kier molecular flexibility index (Phi) is 2.45. The van der Waals surface area contributed by atoms with E-state index in [1.54, 1.807) is 0 Å². The molecule has 0 radical (unpaired) electrons. The first kappa shape index (κ1) is 10.5. The van der Waals surface area contributed by atoms with Gasteiger partial charge < -0.3 is 5.73 Å². The third kappa shape index (κ3) is 1.56. The smallest absolute Gasteiger partial charge is 0.0309 e. The molecule has 0 amide bonds. The molecule has 17 heavy (non-hydrogen) atoms. The Labute approximate surface area is 102 Å². The van der Waals surface area contributed by atoms with Crippen molar-refractivity contribution in [3.63, 3.8) is 0 Å². The van der Waals surface area contributed by atoms with Crippen molar-refractivity contribution in [2.75, 3.05) is 6.54 Å². The molecule has 0 saturated heterocycles. The molecule has 2 atom stereocenters. The van der Waals surface area contributed by atoms with E-state index in [1.165, 1.54) is 11.1 Å². The third-order valence-electron chi connectivity index (χ3n) is 3.86. The molecule has 0 spiro atoms. The zero-order valence-electron chi connectivity index (χ0n) is 9.71. The second-order valence-electron chi connectivity index (χ2n) is 4.72. The normalized spacial score (nSPS) is 26.8. The molecular weight excluding hydrogens is 208 g/mol. The van der Waals surface area contributed by atoms with E-state index in [4.69, 9.17) is 5.73 Å². The van der Waals surface area contributed by atoms with Crippen LogP contribution in [0.5, 0.6) is 0 Å². The highest BCUT2D eigenvalue weighted by Crippen LogP contribution is 2.58. The molecule has 86 valence electrons. The molecule has 1 aliphatic carbocycles. The van der Waals surface area contributed by atoms with Gasteiger partial charge in [0, 0.05) is 17.8 Å². The summed E-state index contributed by atoms with van der Waals surface area (Å²) in [7, 11) is 0.